The van der Waals surface area contributed by atoms with E-state index in [1.165, 1.54) is 19.2 Å². The van der Waals surface area contributed by atoms with Gasteiger partial charge in [0.2, 0.25) is 5.75 Å². The first-order valence-corrected chi connectivity index (χ1v) is 9.33. The lowest BCUT2D eigenvalue weighted by Crippen LogP contribution is -2.24. The standard InChI is InChI=1S/C18H15BrClN3O7/c1-10(24)30-15-5-3-11(17(23(26)27)18(15)28-2)8-21-22-16(25)9-29-14-6-4-12(20)7-13(14)19/h3-8H,9H2,1-2H3,(H,22,25). The Hall–Kier alpha value is -3.18. The minimum atomic E-state index is -0.712. The quantitative estimate of drug-likeness (QED) is 0.193. The number of nitro groups is 1. The number of benzene rings is 2. The zero-order valence-electron chi connectivity index (χ0n) is 15.7. The molecule has 0 aliphatic rings. The summed E-state index contributed by atoms with van der Waals surface area (Å²) >= 11 is 9.09. The van der Waals surface area contributed by atoms with Crippen molar-refractivity contribution in [1.29, 1.82) is 0 Å². The topological polar surface area (TPSA) is 129 Å². The summed E-state index contributed by atoms with van der Waals surface area (Å²) in [5, 5.41) is 15.6. The van der Waals surface area contributed by atoms with Gasteiger partial charge in [0.05, 0.1) is 28.3 Å². The number of esters is 1. The summed E-state index contributed by atoms with van der Waals surface area (Å²) in [6.07, 6.45) is 1.06. The summed E-state index contributed by atoms with van der Waals surface area (Å²) in [5.74, 6) is -1.22. The van der Waals surface area contributed by atoms with Crippen LogP contribution in [0.25, 0.3) is 0 Å². The molecule has 0 aromatic heterocycles. The highest BCUT2D eigenvalue weighted by atomic mass is 79.9. The second-order valence-corrected chi connectivity index (χ2v) is 6.83. The average Bonchev–Trinajstić information content (AvgIpc) is 2.67. The van der Waals surface area contributed by atoms with E-state index in [0.29, 0.717) is 15.2 Å². The molecule has 0 heterocycles. The van der Waals surface area contributed by atoms with E-state index in [1.54, 1.807) is 18.2 Å². The minimum Gasteiger partial charge on any atom is -0.488 e. The molecule has 1 amide bonds. The SMILES string of the molecule is COc1c(OC(C)=O)ccc(C=NNC(=O)COc2ccc(Cl)cc2Br)c1[N+](=O)[O-]. The molecule has 2 aromatic carbocycles. The molecule has 2 aromatic rings. The number of ether oxygens (including phenoxy) is 3. The molecule has 158 valence electrons. The van der Waals surface area contributed by atoms with Crippen LogP contribution in [-0.2, 0) is 9.59 Å². The lowest BCUT2D eigenvalue weighted by Gasteiger charge is -2.09. The summed E-state index contributed by atoms with van der Waals surface area (Å²) in [6, 6.07) is 7.42. The molecule has 10 nitrogen and oxygen atoms in total. The Morgan fingerprint density at radius 2 is 2.00 bits per heavy atom. The van der Waals surface area contributed by atoms with Crippen molar-refractivity contribution in [3.8, 4) is 17.2 Å². The van der Waals surface area contributed by atoms with E-state index in [-0.39, 0.29) is 23.7 Å². The fourth-order valence-electron chi connectivity index (χ4n) is 2.23. The number of methoxy groups -OCH3 is 1. The molecule has 0 radical (unpaired) electrons. The highest BCUT2D eigenvalue weighted by Gasteiger charge is 2.25. The smallest absolute Gasteiger partial charge is 0.323 e. The third-order valence-corrected chi connectivity index (χ3v) is 4.27. The monoisotopic (exact) mass is 499 g/mol. The van der Waals surface area contributed by atoms with Crippen LogP contribution in [0.5, 0.6) is 17.2 Å². The molecule has 0 saturated heterocycles. The number of carbonyl (C=O) groups excluding carboxylic acids is 2. The van der Waals surface area contributed by atoms with Crippen LogP contribution >= 0.6 is 27.5 Å². The Balaban J connectivity index is 2.10. The van der Waals surface area contributed by atoms with Gasteiger partial charge in [-0.1, -0.05) is 11.6 Å². The Labute approximate surface area is 184 Å². The van der Waals surface area contributed by atoms with E-state index in [9.17, 15) is 19.7 Å². The van der Waals surface area contributed by atoms with Crippen molar-refractivity contribution < 1.29 is 28.7 Å². The van der Waals surface area contributed by atoms with E-state index >= 15 is 0 Å². The van der Waals surface area contributed by atoms with Crippen LogP contribution in [0.15, 0.2) is 39.9 Å². The van der Waals surface area contributed by atoms with Gasteiger partial charge in [0.1, 0.15) is 5.75 Å². The maximum absolute atomic E-state index is 11.9. The van der Waals surface area contributed by atoms with Crippen molar-refractivity contribution in [3.05, 3.63) is 55.5 Å². The largest absolute Gasteiger partial charge is 0.488 e. The van der Waals surface area contributed by atoms with Crippen LogP contribution in [0.3, 0.4) is 0 Å². The Morgan fingerprint density at radius 1 is 1.30 bits per heavy atom. The number of halogens is 2. The zero-order valence-corrected chi connectivity index (χ0v) is 18.0. The second-order valence-electron chi connectivity index (χ2n) is 5.54. The summed E-state index contributed by atoms with van der Waals surface area (Å²) in [7, 11) is 1.20. The number of carbonyl (C=O) groups is 2. The van der Waals surface area contributed by atoms with Gasteiger partial charge in [-0.3, -0.25) is 19.7 Å². The molecule has 2 rings (SSSR count). The van der Waals surface area contributed by atoms with Gasteiger partial charge in [-0.15, -0.1) is 0 Å². The van der Waals surface area contributed by atoms with E-state index in [0.717, 1.165) is 13.1 Å². The summed E-state index contributed by atoms with van der Waals surface area (Å²) < 4.78 is 15.8. The number of nitrogens with zero attached hydrogens (tertiary/aromatic N) is 2. The molecule has 0 unspecified atom stereocenters. The molecule has 12 heteroatoms. The highest BCUT2D eigenvalue weighted by Crippen LogP contribution is 2.39. The van der Waals surface area contributed by atoms with Crippen LogP contribution < -0.4 is 19.6 Å². The number of nitrogens with one attached hydrogen (secondary N) is 1. The molecule has 0 bridgehead atoms. The van der Waals surface area contributed by atoms with Crippen molar-refractivity contribution >= 4 is 51.3 Å². The zero-order chi connectivity index (χ0) is 22.3. The molecule has 0 aliphatic carbocycles. The van der Waals surface area contributed by atoms with Crippen LogP contribution in [0.2, 0.25) is 5.02 Å². The van der Waals surface area contributed by atoms with Crippen molar-refractivity contribution in [3.63, 3.8) is 0 Å². The molecule has 0 aliphatic heterocycles. The van der Waals surface area contributed by atoms with Crippen LogP contribution in [-0.4, -0.2) is 36.7 Å². The van der Waals surface area contributed by atoms with Gasteiger partial charge in [-0.25, -0.2) is 5.43 Å². The fraction of sp³-hybridized carbons (Fsp3) is 0.167. The number of hydrogen-bond acceptors (Lipinski definition) is 8. The summed E-state index contributed by atoms with van der Waals surface area (Å²) in [4.78, 5) is 33.8. The number of nitro benzene ring substituents is 1. The number of hydrogen-bond donors (Lipinski definition) is 1. The van der Waals surface area contributed by atoms with Gasteiger partial charge in [0.25, 0.3) is 5.91 Å². The van der Waals surface area contributed by atoms with Gasteiger partial charge in [0, 0.05) is 11.9 Å². The summed E-state index contributed by atoms with van der Waals surface area (Å²) in [6.45, 7) is 0.801. The van der Waals surface area contributed by atoms with Crippen molar-refractivity contribution in [2.45, 2.75) is 6.92 Å². The number of rotatable bonds is 8. The third kappa shape index (κ3) is 6.16. The van der Waals surface area contributed by atoms with Crippen LogP contribution in [0.1, 0.15) is 12.5 Å². The first kappa shape index (κ1) is 23.1. The van der Waals surface area contributed by atoms with E-state index < -0.39 is 22.5 Å². The van der Waals surface area contributed by atoms with Crippen LogP contribution in [0, 0.1) is 10.1 Å². The van der Waals surface area contributed by atoms with Crippen molar-refractivity contribution in [2.24, 2.45) is 5.10 Å². The predicted octanol–water partition coefficient (Wildman–Crippen LogP) is 3.47. The Kier molecular flexibility index (Phi) is 8.13. The van der Waals surface area contributed by atoms with E-state index in [2.05, 4.69) is 26.5 Å². The number of hydrazone groups is 1. The molecule has 0 atom stereocenters. The maximum Gasteiger partial charge on any atom is 0.323 e. The van der Waals surface area contributed by atoms with Crippen LogP contribution in [0.4, 0.5) is 5.69 Å². The minimum absolute atomic E-state index is 0.0226. The van der Waals surface area contributed by atoms with Gasteiger partial charge in [-0.05, 0) is 46.3 Å². The molecule has 30 heavy (non-hydrogen) atoms. The van der Waals surface area contributed by atoms with E-state index in [4.69, 9.17) is 25.8 Å². The first-order valence-electron chi connectivity index (χ1n) is 8.16. The lowest BCUT2D eigenvalue weighted by molar-refractivity contribution is -0.385. The lowest BCUT2D eigenvalue weighted by atomic mass is 10.1. The molecular weight excluding hydrogens is 486 g/mol. The fourth-order valence-corrected chi connectivity index (χ4v) is 3.03. The Morgan fingerprint density at radius 3 is 2.60 bits per heavy atom. The molecule has 0 saturated carbocycles. The van der Waals surface area contributed by atoms with Crippen molar-refractivity contribution in [2.75, 3.05) is 13.7 Å². The molecule has 0 fully saturated rings. The van der Waals surface area contributed by atoms with Gasteiger partial charge in [-0.2, -0.15) is 5.10 Å². The van der Waals surface area contributed by atoms with Gasteiger partial charge < -0.3 is 14.2 Å². The molecular formula is C18H15BrClN3O7. The van der Waals surface area contributed by atoms with Gasteiger partial charge in [0.15, 0.2) is 12.4 Å². The molecule has 0 spiro atoms. The average molecular weight is 501 g/mol. The second kappa shape index (κ2) is 10.6. The third-order valence-electron chi connectivity index (χ3n) is 3.41. The highest BCUT2D eigenvalue weighted by molar-refractivity contribution is 9.10. The van der Waals surface area contributed by atoms with Crippen molar-refractivity contribution in [1.82, 2.24) is 5.43 Å². The Bertz CT molecular complexity index is 1010. The number of amides is 1. The maximum atomic E-state index is 11.9. The predicted molar refractivity (Wildman–Crippen MR) is 111 cm³/mol. The first-order chi connectivity index (χ1) is 14.2. The van der Waals surface area contributed by atoms with Gasteiger partial charge >= 0.3 is 11.7 Å². The normalized spacial score (nSPS) is 10.5. The van der Waals surface area contributed by atoms with E-state index in [1.807, 2.05) is 0 Å². The summed E-state index contributed by atoms with van der Waals surface area (Å²) in [5.41, 5.74) is 1.74. The molecule has 1 N–H and O–H groups in total.